The van der Waals surface area contributed by atoms with Crippen LogP contribution in [-0.4, -0.2) is 30.9 Å². The number of aromatic nitrogens is 4. The number of anilines is 1. The first kappa shape index (κ1) is 22.3. The van der Waals surface area contributed by atoms with Gasteiger partial charge in [-0.05, 0) is 42.8 Å². The lowest BCUT2D eigenvalue weighted by Crippen LogP contribution is -2.23. The maximum atomic E-state index is 12.8. The number of nitrogens with zero attached hydrogens (tertiary/aromatic N) is 4. The number of benzene rings is 2. The molecular weight excluding hydrogens is 465 g/mol. The minimum atomic E-state index is -0.439. The van der Waals surface area contributed by atoms with Gasteiger partial charge in [-0.1, -0.05) is 65.3 Å². The van der Waals surface area contributed by atoms with E-state index in [0.717, 1.165) is 11.1 Å². The molecule has 0 saturated heterocycles. The van der Waals surface area contributed by atoms with Gasteiger partial charge in [0.05, 0.1) is 22.5 Å². The van der Waals surface area contributed by atoms with Gasteiger partial charge in [0.15, 0.2) is 11.0 Å². The molecule has 0 aliphatic carbocycles. The van der Waals surface area contributed by atoms with E-state index in [1.807, 2.05) is 54.0 Å². The zero-order chi connectivity index (χ0) is 22.5. The Bertz CT molecular complexity index is 1220. The molecule has 1 atom stereocenters. The van der Waals surface area contributed by atoms with Crippen molar-refractivity contribution in [2.75, 3.05) is 5.32 Å². The normalized spacial score (nSPS) is 11.8. The Balaban J connectivity index is 1.58. The first-order chi connectivity index (χ1) is 15.5. The Labute approximate surface area is 200 Å². The molecule has 162 valence electrons. The minimum absolute atomic E-state index is 0.195. The van der Waals surface area contributed by atoms with Crippen molar-refractivity contribution in [2.45, 2.75) is 23.9 Å². The van der Waals surface area contributed by atoms with Crippen molar-refractivity contribution in [3.8, 4) is 11.4 Å². The quantitative estimate of drug-likeness (QED) is 0.335. The summed E-state index contributed by atoms with van der Waals surface area (Å²) in [4.78, 5) is 16.9. The average molecular weight is 484 g/mol. The number of pyridine rings is 1. The van der Waals surface area contributed by atoms with E-state index in [2.05, 4.69) is 20.5 Å². The molecule has 1 amide bonds. The molecule has 4 aromatic rings. The van der Waals surface area contributed by atoms with Gasteiger partial charge >= 0.3 is 0 Å². The van der Waals surface area contributed by atoms with Crippen LogP contribution in [0, 0.1) is 0 Å². The van der Waals surface area contributed by atoms with E-state index < -0.39 is 5.25 Å². The number of carbonyl (C=O) groups is 1. The zero-order valence-corrected chi connectivity index (χ0v) is 19.4. The largest absolute Gasteiger partial charge is 0.324 e. The Kier molecular flexibility index (Phi) is 7.09. The fraction of sp³-hybridized carbons (Fsp3) is 0.130. The van der Waals surface area contributed by atoms with E-state index in [1.54, 1.807) is 30.6 Å². The molecule has 1 unspecified atom stereocenters. The van der Waals surface area contributed by atoms with Crippen molar-refractivity contribution < 1.29 is 4.79 Å². The Morgan fingerprint density at radius 2 is 1.81 bits per heavy atom. The lowest BCUT2D eigenvalue weighted by molar-refractivity contribution is -0.115. The SMILES string of the molecule is CC(Sc1nnc(-c2ccncc2)n1Cc1ccccc1)C(=O)Nc1ccc(Cl)cc1Cl. The van der Waals surface area contributed by atoms with Gasteiger partial charge in [0.2, 0.25) is 5.91 Å². The van der Waals surface area contributed by atoms with Crippen LogP contribution in [0.2, 0.25) is 10.0 Å². The van der Waals surface area contributed by atoms with Crippen LogP contribution in [0.3, 0.4) is 0 Å². The minimum Gasteiger partial charge on any atom is -0.324 e. The molecule has 4 rings (SSSR count). The maximum Gasteiger partial charge on any atom is 0.237 e. The van der Waals surface area contributed by atoms with Gasteiger partial charge in [-0.3, -0.25) is 14.3 Å². The third-order valence-electron chi connectivity index (χ3n) is 4.68. The van der Waals surface area contributed by atoms with Crippen molar-refractivity contribution in [2.24, 2.45) is 0 Å². The highest BCUT2D eigenvalue weighted by atomic mass is 35.5. The highest BCUT2D eigenvalue weighted by molar-refractivity contribution is 8.00. The molecule has 0 saturated carbocycles. The van der Waals surface area contributed by atoms with Crippen LogP contribution in [0.15, 0.2) is 78.2 Å². The molecule has 0 aliphatic rings. The first-order valence-corrected chi connectivity index (χ1v) is 11.4. The van der Waals surface area contributed by atoms with Crippen LogP contribution in [0.5, 0.6) is 0 Å². The van der Waals surface area contributed by atoms with E-state index in [-0.39, 0.29) is 5.91 Å². The van der Waals surface area contributed by atoms with Crippen molar-refractivity contribution in [3.05, 3.63) is 88.7 Å². The molecule has 32 heavy (non-hydrogen) atoms. The van der Waals surface area contributed by atoms with E-state index in [1.165, 1.54) is 11.8 Å². The first-order valence-electron chi connectivity index (χ1n) is 9.81. The fourth-order valence-electron chi connectivity index (χ4n) is 3.04. The number of halogens is 2. The Hall–Kier alpha value is -2.87. The molecule has 0 aliphatic heterocycles. The predicted octanol–water partition coefficient (Wildman–Crippen LogP) is 5.81. The second kappa shape index (κ2) is 10.2. The molecule has 9 heteroatoms. The summed E-state index contributed by atoms with van der Waals surface area (Å²) in [5, 5.41) is 12.7. The van der Waals surface area contributed by atoms with E-state index in [4.69, 9.17) is 23.2 Å². The topological polar surface area (TPSA) is 72.7 Å². The number of hydrogen-bond donors (Lipinski definition) is 1. The predicted molar refractivity (Wildman–Crippen MR) is 129 cm³/mol. The van der Waals surface area contributed by atoms with Crippen LogP contribution in [0.1, 0.15) is 12.5 Å². The summed E-state index contributed by atoms with van der Waals surface area (Å²) in [6.45, 7) is 2.39. The summed E-state index contributed by atoms with van der Waals surface area (Å²) in [6.07, 6.45) is 3.44. The van der Waals surface area contributed by atoms with Gasteiger partial charge in [0.1, 0.15) is 0 Å². The van der Waals surface area contributed by atoms with Crippen LogP contribution in [0.25, 0.3) is 11.4 Å². The zero-order valence-electron chi connectivity index (χ0n) is 17.1. The van der Waals surface area contributed by atoms with Crippen molar-refractivity contribution in [1.82, 2.24) is 19.7 Å². The molecule has 6 nitrogen and oxygen atoms in total. The second-order valence-electron chi connectivity index (χ2n) is 6.99. The number of thioether (sulfide) groups is 1. The smallest absolute Gasteiger partial charge is 0.237 e. The summed E-state index contributed by atoms with van der Waals surface area (Å²) in [7, 11) is 0. The number of hydrogen-bond acceptors (Lipinski definition) is 5. The van der Waals surface area contributed by atoms with Crippen LogP contribution in [0.4, 0.5) is 5.69 Å². The number of amides is 1. The van der Waals surface area contributed by atoms with Gasteiger partial charge in [-0.25, -0.2) is 0 Å². The standard InChI is InChI=1S/C23H19Cl2N5OS/c1-15(22(31)27-20-8-7-18(24)13-19(20)25)32-23-29-28-21(17-9-11-26-12-10-17)30(23)14-16-5-3-2-4-6-16/h2-13,15H,14H2,1H3,(H,27,31). The van der Waals surface area contributed by atoms with Crippen LogP contribution >= 0.6 is 35.0 Å². The third kappa shape index (κ3) is 5.30. The van der Waals surface area contributed by atoms with Gasteiger partial charge in [-0.2, -0.15) is 0 Å². The summed E-state index contributed by atoms with van der Waals surface area (Å²) >= 11 is 13.5. The Morgan fingerprint density at radius 1 is 1.06 bits per heavy atom. The van der Waals surface area contributed by atoms with E-state index in [0.29, 0.717) is 33.3 Å². The van der Waals surface area contributed by atoms with Crippen molar-refractivity contribution in [1.29, 1.82) is 0 Å². The van der Waals surface area contributed by atoms with Crippen molar-refractivity contribution >= 4 is 46.6 Å². The highest BCUT2D eigenvalue weighted by Gasteiger charge is 2.22. The summed E-state index contributed by atoms with van der Waals surface area (Å²) in [5.41, 5.74) is 2.52. The molecule has 2 aromatic carbocycles. The average Bonchev–Trinajstić information content (AvgIpc) is 3.18. The molecule has 0 bridgehead atoms. The van der Waals surface area contributed by atoms with Crippen molar-refractivity contribution in [3.63, 3.8) is 0 Å². The fourth-order valence-corrected chi connectivity index (χ4v) is 4.34. The lowest BCUT2D eigenvalue weighted by atomic mass is 10.2. The van der Waals surface area contributed by atoms with Crippen LogP contribution in [-0.2, 0) is 11.3 Å². The molecule has 0 spiro atoms. The summed E-state index contributed by atoms with van der Waals surface area (Å²) < 4.78 is 2.01. The molecule has 0 fully saturated rings. The maximum absolute atomic E-state index is 12.8. The molecular formula is C23H19Cl2N5OS. The van der Waals surface area contributed by atoms with Crippen LogP contribution < -0.4 is 5.32 Å². The van der Waals surface area contributed by atoms with E-state index >= 15 is 0 Å². The van der Waals surface area contributed by atoms with Gasteiger partial charge in [0.25, 0.3) is 0 Å². The number of rotatable bonds is 7. The monoisotopic (exact) mass is 483 g/mol. The van der Waals surface area contributed by atoms with Gasteiger partial charge in [0, 0.05) is 23.0 Å². The summed E-state index contributed by atoms with van der Waals surface area (Å²) in [5.74, 6) is 0.519. The second-order valence-corrected chi connectivity index (χ2v) is 9.14. The van der Waals surface area contributed by atoms with Gasteiger partial charge < -0.3 is 5.32 Å². The molecule has 0 radical (unpaired) electrons. The number of nitrogens with one attached hydrogen (secondary N) is 1. The molecule has 2 aromatic heterocycles. The third-order valence-corrected chi connectivity index (χ3v) is 6.31. The summed E-state index contributed by atoms with van der Waals surface area (Å²) in [6, 6.07) is 18.8. The highest BCUT2D eigenvalue weighted by Crippen LogP contribution is 2.30. The molecule has 2 heterocycles. The number of carbonyl (C=O) groups excluding carboxylic acids is 1. The van der Waals surface area contributed by atoms with E-state index in [9.17, 15) is 4.79 Å². The Morgan fingerprint density at radius 3 is 2.53 bits per heavy atom. The molecule has 1 N–H and O–H groups in total. The lowest BCUT2D eigenvalue weighted by Gasteiger charge is -2.14. The van der Waals surface area contributed by atoms with Gasteiger partial charge in [-0.15, -0.1) is 10.2 Å².